The van der Waals surface area contributed by atoms with Crippen molar-refractivity contribution in [3.05, 3.63) is 34.9 Å². The van der Waals surface area contributed by atoms with Crippen LogP contribution in [0.1, 0.15) is 18.4 Å². The van der Waals surface area contributed by atoms with E-state index in [9.17, 15) is 0 Å². The molecule has 1 aromatic carbocycles. The van der Waals surface area contributed by atoms with Crippen molar-refractivity contribution in [2.45, 2.75) is 12.8 Å². The normalized spacial score (nSPS) is 18.7. The van der Waals surface area contributed by atoms with Crippen molar-refractivity contribution in [2.24, 2.45) is 10.2 Å². The minimum atomic E-state index is 0. The van der Waals surface area contributed by atoms with E-state index in [1.165, 1.54) is 12.8 Å². The Hall–Kier alpha value is -0.520. The van der Waals surface area contributed by atoms with Gasteiger partial charge < -0.3 is 4.90 Å². The van der Waals surface area contributed by atoms with Crippen LogP contribution in [0.2, 0.25) is 5.02 Å². The first-order valence-electron chi connectivity index (χ1n) is 6.11. The predicted octanol–water partition coefficient (Wildman–Crippen LogP) is 3.82. The van der Waals surface area contributed by atoms with Crippen LogP contribution in [-0.2, 0) is 0 Å². The zero-order valence-electron chi connectivity index (χ0n) is 10.4. The largest absolute Gasteiger partial charge is 0.350 e. The molecule has 19 heavy (non-hydrogen) atoms. The lowest BCUT2D eigenvalue weighted by Gasteiger charge is -2.20. The van der Waals surface area contributed by atoms with E-state index in [-0.39, 0.29) is 17.0 Å². The van der Waals surface area contributed by atoms with Crippen molar-refractivity contribution >= 4 is 51.2 Å². The number of thioether (sulfide) groups is 1. The van der Waals surface area contributed by atoms with Crippen LogP contribution in [0.15, 0.2) is 34.5 Å². The topological polar surface area (TPSA) is 28.0 Å². The molecule has 0 aromatic heterocycles. The Morgan fingerprint density at radius 2 is 1.74 bits per heavy atom. The molecular weight excluding hydrogens is 346 g/mol. The molecule has 2 aliphatic rings. The molecule has 0 bridgehead atoms. The number of rotatable bonds is 1. The predicted molar refractivity (Wildman–Crippen MR) is 89.0 cm³/mol. The molecule has 0 unspecified atom stereocenters. The summed E-state index contributed by atoms with van der Waals surface area (Å²) in [7, 11) is 0. The summed E-state index contributed by atoms with van der Waals surface area (Å²) in [4.78, 5) is 2.33. The summed E-state index contributed by atoms with van der Waals surface area (Å²) in [5.74, 6) is 0.886. The van der Waals surface area contributed by atoms with E-state index in [1.54, 1.807) is 11.8 Å². The van der Waals surface area contributed by atoms with Crippen LogP contribution in [0, 0.1) is 0 Å². The summed E-state index contributed by atoms with van der Waals surface area (Å²) in [5.41, 5.74) is 2.13. The highest BCUT2D eigenvalue weighted by Gasteiger charge is 2.20. The van der Waals surface area contributed by atoms with Gasteiger partial charge in [-0.3, -0.25) is 0 Å². The van der Waals surface area contributed by atoms with Crippen molar-refractivity contribution in [1.29, 1.82) is 0 Å². The van der Waals surface area contributed by atoms with Crippen LogP contribution in [0.25, 0.3) is 0 Å². The summed E-state index contributed by atoms with van der Waals surface area (Å²) < 4.78 is 0. The minimum Gasteiger partial charge on any atom is -0.350 e. The molecule has 6 heteroatoms. The second-order valence-corrected chi connectivity index (χ2v) is 5.80. The van der Waals surface area contributed by atoms with Crippen molar-refractivity contribution in [1.82, 2.24) is 4.90 Å². The summed E-state index contributed by atoms with van der Waals surface area (Å²) in [6, 6.07) is 7.78. The average molecular weight is 361 g/mol. The molecule has 0 aliphatic carbocycles. The molecule has 2 heterocycles. The molecule has 0 N–H and O–H groups in total. The fraction of sp³-hybridized carbons (Fsp3) is 0.385. The zero-order chi connectivity index (χ0) is 12.4. The Morgan fingerprint density at radius 3 is 2.32 bits per heavy atom. The maximum Gasteiger partial charge on any atom is 0.186 e. The maximum absolute atomic E-state index is 5.88. The van der Waals surface area contributed by atoms with E-state index < -0.39 is 0 Å². The second kappa shape index (κ2) is 6.77. The molecule has 2 aliphatic heterocycles. The van der Waals surface area contributed by atoms with E-state index in [0.717, 1.165) is 40.3 Å². The van der Waals surface area contributed by atoms with Crippen LogP contribution < -0.4 is 0 Å². The Bertz CT molecular complexity index is 495. The third kappa shape index (κ3) is 3.52. The smallest absolute Gasteiger partial charge is 0.186 e. The highest BCUT2D eigenvalue weighted by Crippen LogP contribution is 2.22. The van der Waals surface area contributed by atoms with Gasteiger partial charge in [-0.15, -0.1) is 22.1 Å². The van der Waals surface area contributed by atoms with Crippen LogP contribution in [0.4, 0.5) is 0 Å². The molecular formula is C13H15BrClN3S. The van der Waals surface area contributed by atoms with Gasteiger partial charge in [-0.2, -0.15) is 5.10 Å². The van der Waals surface area contributed by atoms with E-state index in [2.05, 4.69) is 15.1 Å². The van der Waals surface area contributed by atoms with Gasteiger partial charge in [-0.05, 0) is 30.5 Å². The highest BCUT2D eigenvalue weighted by atomic mass is 79.9. The van der Waals surface area contributed by atoms with E-state index in [4.69, 9.17) is 11.6 Å². The summed E-state index contributed by atoms with van der Waals surface area (Å²) in [6.45, 7) is 2.25. The number of hydrogen-bond donors (Lipinski definition) is 0. The molecule has 3 rings (SSSR count). The number of hydrogen-bond acceptors (Lipinski definition) is 4. The number of nitrogens with zero attached hydrogens (tertiary/aromatic N) is 3. The van der Waals surface area contributed by atoms with Gasteiger partial charge in [0.25, 0.3) is 0 Å². The SMILES string of the molecule is Br.Clc1ccc(C2=NN=C(N3CCCC3)SC2)cc1. The standard InChI is InChI=1S/C13H14ClN3S.BrH/c14-11-5-3-10(4-6-11)12-9-18-13(16-15-12)17-7-1-2-8-17;/h3-6H,1-2,7-9H2;1H. The number of amidine groups is 1. The first-order valence-corrected chi connectivity index (χ1v) is 7.47. The van der Waals surface area contributed by atoms with Crippen molar-refractivity contribution in [3.8, 4) is 0 Å². The van der Waals surface area contributed by atoms with Gasteiger partial charge in [0, 0.05) is 23.9 Å². The van der Waals surface area contributed by atoms with Crippen molar-refractivity contribution < 1.29 is 0 Å². The molecule has 3 nitrogen and oxygen atoms in total. The van der Waals surface area contributed by atoms with Crippen molar-refractivity contribution in [3.63, 3.8) is 0 Å². The Balaban J connectivity index is 0.00000133. The first-order chi connectivity index (χ1) is 8.83. The number of halogens is 2. The van der Waals surface area contributed by atoms with Crippen molar-refractivity contribution in [2.75, 3.05) is 18.8 Å². The van der Waals surface area contributed by atoms with Gasteiger partial charge in [-0.25, -0.2) is 0 Å². The zero-order valence-corrected chi connectivity index (χ0v) is 13.7. The van der Waals surface area contributed by atoms with Gasteiger partial charge in [-0.1, -0.05) is 35.5 Å². The van der Waals surface area contributed by atoms with E-state index >= 15 is 0 Å². The molecule has 0 atom stereocenters. The molecule has 0 radical (unpaired) electrons. The van der Waals surface area contributed by atoms with Gasteiger partial charge in [0.2, 0.25) is 0 Å². The third-order valence-corrected chi connectivity index (χ3v) is 4.42. The van der Waals surface area contributed by atoms with Crippen LogP contribution in [-0.4, -0.2) is 34.6 Å². The summed E-state index contributed by atoms with van der Waals surface area (Å²) >= 11 is 7.66. The van der Waals surface area contributed by atoms with Crippen LogP contribution in [0.5, 0.6) is 0 Å². The van der Waals surface area contributed by atoms with Crippen LogP contribution in [0.3, 0.4) is 0 Å². The van der Waals surface area contributed by atoms with E-state index in [1.807, 2.05) is 24.3 Å². The number of likely N-dealkylation sites (tertiary alicyclic amines) is 1. The highest BCUT2D eigenvalue weighted by molar-refractivity contribution is 8.93. The summed E-state index contributed by atoms with van der Waals surface area (Å²) in [6.07, 6.45) is 2.54. The monoisotopic (exact) mass is 359 g/mol. The summed E-state index contributed by atoms with van der Waals surface area (Å²) in [5, 5.41) is 10.5. The molecule has 0 saturated carbocycles. The lowest BCUT2D eigenvalue weighted by molar-refractivity contribution is 0.528. The van der Waals surface area contributed by atoms with Gasteiger partial charge >= 0.3 is 0 Å². The van der Waals surface area contributed by atoms with Crippen LogP contribution >= 0.6 is 40.3 Å². The lowest BCUT2D eigenvalue weighted by atomic mass is 10.1. The second-order valence-electron chi connectivity index (χ2n) is 4.42. The van der Waals surface area contributed by atoms with Gasteiger partial charge in [0.1, 0.15) is 0 Å². The molecule has 102 valence electrons. The van der Waals surface area contributed by atoms with Gasteiger partial charge in [0.15, 0.2) is 5.17 Å². The minimum absolute atomic E-state index is 0. The maximum atomic E-state index is 5.88. The molecule has 1 aromatic rings. The Kier molecular flexibility index (Phi) is 5.30. The molecule has 0 amide bonds. The Morgan fingerprint density at radius 1 is 1.05 bits per heavy atom. The number of benzene rings is 1. The molecule has 1 fully saturated rings. The third-order valence-electron chi connectivity index (χ3n) is 3.15. The van der Waals surface area contributed by atoms with Gasteiger partial charge in [0.05, 0.1) is 5.71 Å². The van der Waals surface area contributed by atoms with E-state index in [0.29, 0.717) is 0 Å². The fourth-order valence-corrected chi connectivity index (χ4v) is 3.22. The quantitative estimate of drug-likeness (QED) is 0.761. The molecule has 0 spiro atoms. The molecule has 1 saturated heterocycles. The average Bonchev–Trinajstić information content (AvgIpc) is 2.94. The first kappa shape index (κ1) is 14.9. The lowest BCUT2D eigenvalue weighted by Crippen LogP contribution is -2.27. The Labute approximate surface area is 132 Å². The fourth-order valence-electron chi connectivity index (χ4n) is 2.14.